The Bertz CT molecular complexity index is 5150. The first-order valence-electron chi connectivity index (χ1n) is 35.4. The van der Waals surface area contributed by atoms with Gasteiger partial charge in [-0.15, -0.1) is 0 Å². The van der Waals surface area contributed by atoms with E-state index < -0.39 is 29.2 Å². The van der Waals surface area contributed by atoms with Crippen LogP contribution in [0.3, 0.4) is 0 Å². The number of aromatic nitrogens is 6. The lowest BCUT2D eigenvalue weighted by molar-refractivity contribution is -0.137. The van der Waals surface area contributed by atoms with E-state index >= 15 is 13.2 Å². The number of hydrogen-bond donors (Lipinski definition) is 4. The number of aliphatic hydroxyl groups is 1. The molecule has 0 atom stereocenters. The van der Waals surface area contributed by atoms with Crippen molar-refractivity contribution in [1.82, 2.24) is 49.5 Å². The van der Waals surface area contributed by atoms with Gasteiger partial charge in [-0.05, 0) is 150 Å². The number of nitrogens with zero attached hydrogens (tertiary/aromatic N) is 15. The van der Waals surface area contributed by atoms with Gasteiger partial charge in [-0.25, -0.2) is 57.6 Å². The van der Waals surface area contributed by atoms with Crippen molar-refractivity contribution < 1.29 is 45.7 Å². The SMILES string of the molecule is [C-]#[N+]c1c(Nc2ccc(CN3CCN(C)CC3)cc2)ncnc1Oc1ccc2c(c1F)C=C(C)C2.[C-]#[N+]c1c(Nc2ccc(N3CCN(C)CC3)c(C(F)(F)F)c2)ncnc1Oc1ccc2c(c1F)C=C(C)C2.[C-]#[N+]c1c(Nc2ccc(N3CCN(C)CC3)cc2CO)ncnc1Oc1ccc2c(c1F)C=C(C)C2. The summed E-state index contributed by atoms with van der Waals surface area (Å²) in [6.07, 6.45) is 6.55. The van der Waals surface area contributed by atoms with Crippen molar-refractivity contribution in [2.24, 2.45) is 0 Å². The molecule has 0 amide bonds. The number of allylic oxidation sites excluding steroid dienone is 3. The predicted molar refractivity (Wildman–Crippen MR) is 409 cm³/mol. The number of aliphatic hydroxyl groups excluding tert-OH is 1. The summed E-state index contributed by atoms with van der Waals surface area (Å²) in [5.41, 5.74) is 11.0. The lowest BCUT2D eigenvalue weighted by atomic mass is 10.1. The number of ether oxygens (including phenoxy) is 3. The topological polar surface area (TPSA) is 194 Å². The average Bonchev–Trinajstić information content (AvgIpc) is 1.79. The van der Waals surface area contributed by atoms with Crippen LogP contribution >= 0.6 is 0 Å². The highest BCUT2D eigenvalue weighted by Crippen LogP contribution is 2.45. The van der Waals surface area contributed by atoms with E-state index in [1.807, 2.05) is 82.4 Å². The molecule has 3 aliphatic carbocycles. The molecular formula is C81H78F6N18O4. The first kappa shape index (κ1) is 75.3. The van der Waals surface area contributed by atoms with Crippen LogP contribution in [0.4, 0.5) is 89.3 Å². The number of rotatable bonds is 17. The number of anilines is 8. The fourth-order valence-corrected chi connectivity index (χ4v) is 13.6. The number of fused-ring (bicyclic) bond motifs is 3. The van der Waals surface area contributed by atoms with Gasteiger partial charge in [0.1, 0.15) is 36.4 Å². The number of piperazine rings is 3. The number of benzene rings is 6. The Labute approximate surface area is 627 Å². The smallest absolute Gasteiger partial charge is 0.418 e. The molecule has 3 fully saturated rings. The number of likely N-dealkylation sites (N-methyl/N-ethyl adjacent to an activating group) is 3. The lowest BCUT2D eigenvalue weighted by Gasteiger charge is -2.35. The standard InChI is InChI=1S/C27H24F4N6O.C27H27FN6O2.C27H27FN6O/c1-16-12-17-4-7-22(23(28)19(17)13-16)38-26-24(32-2)25(33-15-34-26)35-18-5-6-21(20(14-18)27(29,30)31)37-10-8-36(3)9-11-37;1-17-12-18-4-7-23(24(28)21(18)13-17)36-27-25(29-2)26(30-16-31-27)32-22-6-5-20(14-19(22)15-35)34-10-8-33(3)9-11-34;1-18-14-20-6-9-23(24(28)22(20)15-18)35-27-25(29-2)26(30-17-31-27)32-21-7-4-19(5-8-21)16-34-12-10-33(3)11-13-34/h4-7,13-15H,8-12H2,1,3H3,(H,33,34,35);4-7,13-14,16,35H,8-12,15H2,1,3H3,(H,30,31,32);4-9,15,17H,10-14,16H2,1,3H3,(H,30,31,32). The zero-order valence-corrected chi connectivity index (χ0v) is 60.9. The Kier molecular flexibility index (Phi) is 22.8. The lowest BCUT2D eigenvalue weighted by Crippen LogP contribution is -2.45. The Morgan fingerprint density at radius 2 is 0.872 bits per heavy atom. The predicted octanol–water partition coefficient (Wildman–Crippen LogP) is 16.7. The largest absolute Gasteiger partial charge is 0.446 e. The first-order chi connectivity index (χ1) is 52.6. The van der Waals surface area contributed by atoms with Gasteiger partial charge in [0.15, 0.2) is 34.7 Å². The molecule has 15 rings (SSSR count). The molecule has 22 nitrogen and oxygen atoms in total. The fourth-order valence-electron chi connectivity index (χ4n) is 13.6. The Morgan fingerprint density at radius 1 is 0.468 bits per heavy atom. The number of alkyl halides is 3. The maximum Gasteiger partial charge on any atom is 0.418 e. The van der Waals surface area contributed by atoms with Crippen LogP contribution in [-0.2, 0) is 38.6 Å². The highest BCUT2D eigenvalue weighted by Gasteiger charge is 2.36. The van der Waals surface area contributed by atoms with Gasteiger partial charge < -0.3 is 59.8 Å². The fraction of sp³-hybridized carbons (Fsp3) is 0.296. The monoisotopic (exact) mass is 1480 g/mol. The van der Waals surface area contributed by atoms with E-state index in [1.165, 1.54) is 36.4 Å². The molecule has 3 aromatic heterocycles. The van der Waals surface area contributed by atoms with Gasteiger partial charge in [0.05, 0.1) is 31.9 Å². The van der Waals surface area contributed by atoms with Crippen molar-refractivity contribution in [3.63, 3.8) is 0 Å². The van der Waals surface area contributed by atoms with Crippen molar-refractivity contribution in [1.29, 1.82) is 0 Å². The molecule has 0 spiro atoms. The molecule has 6 aromatic carbocycles. The molecule has 28 heteroatoms. The van der Waals surface area contributed by atoms with E-state index in [-0.39, 0.29) is 81.6 Å². The number of halogens is 6. The van der Waals surface area contributed by atoms with E-state index in [2.05, 4.69) is 111 Å². The molecule has 558 valence electrons. The summed E-state index contributed by atoms with van der Waals surface area (Å²) in [5.74, 6) is -1.32. The van der Waals surface area contributed by atoms with Crippen molar-refractivity contribution >= 4 is 81.2 Å². The molecule has 0 radical (unpaired) electrons. The maximum absolute atomic E-state index is 15.1. The normalized spacial score (nSPS) is 15.6. The van der Waals surface area contributed by atoms with Gasteiger partial charge in [0.2, 0.25) is 17.6 Å². The third-order valence-electron chi connectivity index (χ3n) is 19.6. The second-order valence-electron chi connectivity index (χ2n) is 27.6. The van der Waals surface area contributed by atoms with Crippen molar-refractivity contribution in [2.45, 2.75) is 59.4 Å². The van der Waals surface area contributed by atoms with Gasteiger partial charge in [-0.2, -0.15) is 13.2 Å². The molecule has 6 heterocycles. The third kappa shape index (κ3) is 17.4. The zero-order valence-electron chi connectivity index (χ0n) is 60.9. The highest BCUT2D eigenvalue weighted by atomic mass is 19.4. The molecule has 9 aromatic rings. The van der Waals surface area contributed by atoms with E-state index in [1.54, 1.807) is 29.2 Å². The first-order valence-corrected chi connectivity index (χ1v) is 35.4. The maximum atomic E-state index is 15.1. The highest BCUT2D eigenvalue weighted by molar-refractivity contribution is 5.80. The Morgan fingerprint density at radius 3 is 1.29 bits per heavy atom. The molecule has 0 unspecified atom stereocenters. The minimum absolute atomic E-state index is 0.00169. The van der Waals surface area contributed by atoms with Gasteiger partial charge in [-0.1, -0.05) is 65.3 Å². The summed E-state index contributed by atoms with van der Waals surface area (Å²) in [6, 6.07) is 27.8. The van der Waals surface area contributed by atoms with Crippen molar-refractivity contribution in [3.8, 4) is 34.9 Å². The Hall–Kier alpha value is -12.0. The van der Waals surface area contributed by atoms with E-state index in [0.717, 1.165) is 123 Å². The summed E-state index contributed by atoms with van der Waals surface area (Å²) < 4.78 is 104. The van der Waals surface area contributed by atoms with Crippen LogP contribution in [0.2, 0.25) is 0 Å². The molecular weight excluding hydrogens is 1400 g/mol. The van der Waals surface area contributed by atoms with Gasteiger partial charge in [-0.3, -0.25) is 4.90 Å². The molecule has 109 heavy (non-hydrogen) atoms. The summed E-state index contributed by atoms with van der Waals surface area (Å²) in [4.78, 5) is 48.3. The molecule has 3 saturated heterocycles. The van der Waals surface area contributed by atoms with Crippen molar-refractivity contribution in [2.75, 3.05) is 125 Å². The molecule has 6 aliphatic rings. The van der Waals surface area contributed by atoms with Crippen LogP contribution in [0, 0.1) is 37.2 Å². The second-order valence-corrected chi connectivity index (χ2v) is 27.6. The molecule has 3 aliphatic heterocycles. The van der Waals surface area contributed by atoms with E-state index in [4.69, 9.17) is 33.9 Å². The average molecular weight is 1480 g/mol. The van der Waals surface area contributed by atoms with Crippen LogP contribution in [0.15, 0.2) is 133 Å². The minimum atomic E-state index is -4.59. The zero-order chi connectivity index (χ0) is 76.6. The second kappa shape index (κ2) is 33.0. The summed E-state index contributed by atoms with van der Waals surface area (Å²) in [5, 5.41) is 19.1. The van der Waals surface area contributed by atoms with Crippen LogP contribution < -0.4 is 40.0 Å². The van der Waals surface area contributed by atoms with Crippen LogP contribution in [-0.4, -0.2) is 154 Å². The molecule has 0 saturated carbocycles. The van der Waals surface area contributed by atoms with Crippen molar-refractivity contribution in [3.05, 3.63) is 235 Å². The minimum Gasteiger partial charge on any atom is -0.446 e. The van der Waals surface area contributed by atoms with Crippen LogP contribution in [0.25, 0.3) is 32.8 Å². The van der Waals surface area contributed by atoms with Gasteiger partial charge in [0, 0.05) is 136 Å². The van der Waals surface area contributed by atoms with E-state index in [0.29, 0.717) is 72.8 Å². The van der Waals surface area contributed by atoms with Crippen LogP contribution in [0.5, 0.6) is 34.9 Å². The van der Waals surface area contributed by atoms with Gasteiger partial charge >= 0.3 is 6.18 Å². The third-order valence-corrected chi connectivity index (χ3v) is 19.6. The quantitative estimate of drug-likeness (QED) is 0.0496. The van der Waals surface area contributed by atoms with Crippen LogP contribution in [0.1, 0.15) is 70.8 Å². The molecule has 4 N–H and O–H groups in total. The Balaban J connectivity index is 0.000000144. The van der Waals surface area contributed by atoms with Gasteiger partial charge in [0.25, 0.3) is 17.1 Å². The number of hydrogen-bond acceptors (Lipinski definition) is 19. The molecule has 0 bridgehead atoms. The summed E-state index contributed by atoms with van der Waals surface area (Å²) in [6.45, 7) is 39.9. The summed E-state index contributed by atoms with van der Waals surface area (Å²) >= 11 is 0. The number of nitrogens with one attached hydrogen (secondary N) is 3. The summed E-state index contributed by atoms with van der Waals surface area (Å²) in [7, 11) is 6.19. The van der Waals surface area contributed by atoms with E-state index in [9.17, 15) is 18.3 Å².